The molecule has 3 aromatic heterocycles. The molecule has 3 aromatic rings. The van der Waals surface area contributed by atoms with Gasteiger partial charge in [0.2, 0.25) is 0 Å². The van der Waals surface area contributed by atoms with Gasteiger partial charge in [-0.25, -0.2) is 0 Å². The number of nitrogens with one attached hydrogen (secondary N) is 1. The molecule has 108 valence electrons. The maximum absolute atomic E-state index is 10.3. The Morgan fingerprint density at radius 2 is 1.86 bits per heavy atom. The Morgan fingerprint density at radius 1 is 1.19 bits per heavy atom. The van der Waals surface area contributed by atoms with E-state index >= 15 is 0 Å². The van der Waals surface area contributed by atoms with Crippen LogP contribution in [0.4, 0.5) is 5.69 Å². The molecule has 0 atom stereocenters. The molecule has 0 bridgehead atoms. The smallest absolute Gasteiger partial charge is 0.291 e. The van der Waals surface area contributed by atoms with Crippen LogP contribution in [0.2, 0.25) is 0 Å². The normalized spacial score (nSPS) is 10.0. The molecule has 8 heteroatoms. The van der Waals surface area contributed by atoms with Crippen molar-refractivity contribution in [1.82, 2.24) is 15.0 Å². The molecule has 0 saturated carbocycles. The van der Waals surface area contributed by atoms with E-state index in [-0.39, 0.29) is 5.69 Å². The van der Waals surface area contributed by atoms with Crippen molar-refractivity contribution in [3.63, 3.8) is 0 Å². The number of halogens is 2. The van der Waals surface area contributed by atoms with Crippen molar-refractivity contribution in [2.45, 2.75) is 6.92 Å². The summed E-state index contributed by atoms with van der Waals surface area (Å²) in [5, 5.41) is 10.3. The van der Waals surface area contributed by atoms with Gasteiger partial charge in [-0.05, 0) is 50.9 Å². The summed E-state index contributed by atoms with van der Waals surface area (Å²) in [6.45, 7) is 1.60. The highest BCUT2D eigenvalue weighted by molar-refractivity contribution is 9.10. The molecule has 0 saturated heterocycles. The van der Waals surface area contributed by atoms with Gasteiger partial charge in [0.05, 0.1) is 16.0 Å². The lowest BCUT2D eigenvalue weighted by atomic mass is 10.3. The average molecular weight is 414 g/mol. The molecule has 0 spiro atoms. The molecular weight excluding hydrogens is 404 g/mol. The van der Waals surface area contributed by atoms with Crippen molar-refractivity contribution in [2.24, 2.45) is 0 Å². The van der Waals surface area contributed by atoms with E-state index in [1.807, 2.05) is 18.3 Å². The van der Waals surface area contributed by atoms with Gasteiger partial charge in [-0.3, -0.25) is 20.1 Å². The van der Waals surface area contributed by atoms with Crippen molar-refractivity contribution >= 4 is 48.6 Å². The first kappa shape index (κ1) is 15.6. The SMILES string of the molecule is Brc1cnc2cc[nH]c2c1.Cc1ncc(Br)cc1[N+](=O)[O-]. The number of hydrogen-bond donors (Lipinski definition) is 1. The molecule has 0 unspecified atom stereocenters. The van der Waals surface area contributed by atoms with Gasteiger partial charge in [-0.15, -0.1) is 0 Å². The summed E-state index contributed by atoms with van der Waals surface area (Å²) in [6.07, 6.45) is 5.20. The van der Waals surface area contributed by atoms with E-state index in [1.165, 1.54) is 12.3 Å². The Labute approximate surface area is 137 Å². The van der Waals surface area contributed by atoms with Crippen molar-refractivity contribution in [3.05, 3.63) is 61.5 Å². The summed E-state index contributed by atoms with van der Waals surface area (Å²) >= 11 is 6.43. The molecule has 6 nitrogen and oxygen atoms in total. The highest BCUT2D eigenvalue weighted by atomic mass is 79.9. The van der Waals surface area contributed by atoms with Crippen LogP contribution in [0.25, 0.3) is 11.0 Å². The Balaban J connectivity index is 0.000000154. The van der Waals surface area contributed by atoms with E-state index in [9.17, 15) is 10.1 Å². The maximum atomic E-state index is 10.3. The highest BCUT2D eigenvalue weighted by Gasteiger charge is 2.10. The lowest BCUT2D eigenvalue weighted by molar-refractivity contribution is -0.385. The Bertz CT molecular complexity index is 789. The molecule has 0 aromatic carbocycles. The molecule has 0 aliphatic rings. The third-order valence-corrected chi connectivity index (χ3v) is 3.46. The summed E-state index contributed by atoms with van der Waals surface area (Å²) in [6, 6.07) is 5.38. The summed E-state index contributed by atoms with van der Waals surface area (Å²) in [7, 11) is 0. The quantitative estimate of drug-likeness (QED) is 0.473. The minimum Gasteiger partial charge on any atom is -0.360 e. The van der Waals surface area contributed by atoms with E-state index in [0.29, 0.717) is 10.2 Å². The average Bonchev–Trinajstić information content (AvgIpc) is 2.89. The van der Waals surface area contributed by atoms with E-state index in [1.54, 1.807) is 13.1 Å². The van der Waals surface area contributed by atoms with Crippen molar-refractivity contribution in [2.75, 3.05) is 0 Å². The van der Waals surface area contributed by atoms with E-state index in [4.69, 9.17) is 0 Å². The van der Waals surface area contributed by atoms with Gasteiger partial charge < -0.3 is 4.98 Å². The first-order valence-electron chi connectivity index (χ1n) is 5.82. The van der Waals surface area contributed by atoms with Crippen molar-refractivity contribution < 1.29 is 4.92 Å². The van der Waals surface area contributed by atoms with Crippen LogP contribution in [-0.2, 0) is 0 Å². The number of aromatic nitrogens is 3. The molecule has 3 rings (SSSR count). The van der Waals surface area contributed by atoms with Gasteiger partial charge in [0, 0.05) is 33.6 Å². The first-order valence-corrected chi connectivity index (χ1v) is 7.41. The number of H-pyrrole nitrogens is 1. The predicted molar refractivity (Wildman–Crippen MR) is 87.1 cm³/mol. The maximum Gasteiger partial charge on any atom is 0.291 e. The van der Waals surface area contributed by atoms with E-state index in [2.05, 4.69) is 46.8 Å². The zero-order chi connectivity index (χ0) is 15.4. The van der Waals surface area contributed by atoms with Crippen molar-refractivity contribution in [1.29, 1.82) is 0 Å². The second-order valence-electron chi connectivity index (χ2n) is 4.08. The minimum absolute atomic E-state index is 0.0411. The first-order chi connectivity index (χ1) is 9.97. The zero-order valence-corrected chi connectivity index (χ0v) is 14.1. The summed E-state index contributed by atoms with van der Waals surface area (Å²) < 4.78 is 1.62. The molecule has 0 fully saturated rings. The molecule has 0 amide bonds. The van der Waals surface area contributed by atoms with Crippen LogP contribution in [0.3, 0.4) is 0 Å². The number of rotatable bonds is 1. The standard InChI is InChI=1S/C7H5BrN2.C6H5BrN2O2/c8-5-3-7-6(10-4-5)1-2-9-7;1-4-6(9(10)11)2-5(7)3-8-4/h1-4,9H;2-3H,1H3. The van der Waals surface area contributed by atoms with Crippen LogP contribution < -0.4 is 0 Å². The molecule has 0 radical (unpaired) electrons. The molecule has 0 aliphatic carbocycles. The molecular formula is C13H10Br2N4O2. The Morgan fingerprint density at radius 3 is 2.52 bits per heavy atom. The fourth-order valence-electron chi connectivity index (χ4n) is 1.59. The number of hydrogen-bond acceptors (Lipinski definition) is 4. The van der Waals surface area contributed by atoms with Crippen LogP contribution in [0.1, 0.15) is 5.69 Å². The minimum atomic E-state index is -0.451. The zero-order valence-electron chi connectivity index (χ0n) is 10.9. The summed E-state index contributed by atoms with van der Waals surface area (Å²) in [5.41, 5.74) is 2.54. The molecule has 21 heavy (non-hydrogen) atoms. The van der Waals surface area contributed by atoms with Crippen molar-refractivity contribution in [3.8, 4) is 0 Å². The van der Waals surface area contributed by atoms with Crippen LogP contribution >= 0.6 is 31.9 Å². The fraction of sp³-hybridized carbons (Fsp3) is 0.0769. The molecule has 1 N–H and O–H groups in total. The summed E-state index contributed by atoms with van der Waals surface area (Å²) in [4.78, 5) is 20.9. The number of nitrogens with zero attached hydrogens (tertiary/aromatic N) is 3. The van der Waals surface area contributed by atoms with Crippen LogP contribution in [0.5, 0.6) is 0 Å². The van der Waals surface area contributed by atoms with E-state index in [0.717, 1.165) is 15.5 Å². The lowest BCUT2D eigenvalue weighted by Crippen LogP contribution is -1.93. The van der Waals surface area contributed by atoms with Crippen LogP contribution in [-0.4, -0.2) is 19.9 Å². The number of aryl methyl sites for hydroxylation is 1. The predicted octanol–water partition coefficient (Wildman–Crippen LogP) is 4.39. The van der Waals surface area contributed by atoms with Gasteiger partial charge in [0.25, 0.3) is 5.69 Å². The van der Waals surface area contributed by atoms with Crippen LogP contribution in [0, 0.1) is 17.0 Å². The largest absolute Gasteiger partial charge is 0.360 e. The third-order valence-electron chi connectivity index (χ3n) is 2.59. The number of aromatic amines is 1. The highest BCUT2D eigenvalue weighted by Crippen LogP contribution is 2.19. The summed E-state index contributed by atoms with van der Waals surface area (Å²) in [5.74, 6) is 0. The Hall–Kier alpha value is -1.80. The van der Waals surface area contributed by atoms with Gasteiger partial charge >= 0.3 is 0 Å². The van der Waals surface area contributed by atoms with Crippen LogP contribution in [0.15, 0.2) is 45.7 Å². The molecule has 3 heterocycles. The van der Waals surface area contributed by atoms with E-state index < -0.39 is 4.92 Å². The van der Waals surface area contributed by atoms with Gasteiger partial charge in [-0.1, -0.05) is 0 Å². The molecule has 0 aliphatic heterocycles. The number of pyridine rings is 2. The monoisotopic (exact) mass is 412 g/mol. The van der Waals surface area contributed by atoms with Gasteiger partial charge in [0.1, 0.15) is 5.69 Å². The third kappa shape index (κ3) is 4.08. The fourth-order valence-corrected chi connectivity index (χ4v) is 2.24. The Kier molecular flexibility index (Phi) is 5.03. The van der Waals surface area contributed by atoms with Gasteiger partial charge in [-0.2, -0.15) is 0 Å². The topological polar surface area (TPSA) is 84.7 Å². The number of fused-ring (bicyclic) bond motifs is 1. The second-order valence-corrected chi connectivity index (χ2v) is 5.91. The lowest BCUT2D eigenvalue weighted by Gasteiger charge is -1.94. The second kappa shape index (κ2) is 6.77. The number of nitro groups is 1. The van der Waals surface area contributed by atoms with Gasteiger partial charge in [0.15, 0.2) is 0 Å².